The molecule has 0 bridgehead atoms. The van der Waals surface area contributed by atoms with Crippen molar-refractivity contribution in [1.29, 1.82) is 0 Å². The third-order valence-electron chi connectivity index (χ3n) is 2.75. The molecule has 0 aliphatic heterocycles. The molecule has 0 heterocycles. The lowest BCUT2D eigenvalue weighted by Crippen LogP contribution is -2.41. The van der Waals surface area contributed by atoms with Gasteiger partial charge in [0.15, 0.2) is 0 Å². The summed E-state index contributed by atoms with van der Waals surface area (Å²) < 4.78 is 26.5. The average Bonchev–Trinajstić information content (AvgIpc) is 2.10. The molecule has 1 unspecified atom stereocenters. The van der Waals surface area contributed by atoms with Crippen molar-refractivity contribution in [2.75, 3.05) is 10.6 Å². The minimum Gasteiger partial charge on any atom is -0.289 e. The van der Waals surface area contributed by atoms with E-state index in [4.69, 9.17) is 0 Å². The van der Waals surface area contributed by atoms with Gasteiger partial charge in [-0.25, -0.2) is 8.60 Å². The van der Waals surface area contributed by atoms with Crippen LogP contribution < -0.4 is 4.31 Å². The van der Waals surface area contributed by atoms with E-state index in [-0.39, 0.29) is 5.82 Å². The predicted molar refractivity (Wildman–Crippen MR) is 60.6 cm³/mol. The van der Waals surface area contributed by atoms with Gasteiger partial charge in [0, 0.05) is 12.3 Å². The van der Waals surface area contributed by atoms with Crippen LogP contribution in [0.4, 0.5) is 10.1 Å². The number of halogens is 1. The maximum atomic E-state index is 13.1. The van der Waals surface area contributed by atoms with Crippen LogP contribution >= 0.6 is 0 Å². The van der Waals surface area contributed by atoms with Crippen LogP contribution in [0.2, 0.25) is 0 Å². The van der Waals surface area contributed by atoms with Crippen LogP contribution in [0, 0.1) is 5.82 Å². The van der Waals surface area contributed by atoms with Crippen molar-refractivity contribution in [2.45, 2.75) is 25.3 Å². The van der Waals surface area contributed by atoms with Crippen LogP contribution in [0.1, 0.15) is 19.3 Å². The van der Waals surface area contributed by atoms with E-state index in [9.17, 15) is 8.60 Å². The van der Waals surface area contributed by atoms with Gasteiger partial charge in [-0.2, -0.15) is 0 Å². The van der Waals surface area contributed by atoms with Crippen LogP contribution in [-0.4, -0.2) is 16.5 Å². The first-order valence-electron chi connectivity index (χ1n) is 5.07. The Morgan fingerprint density at radius 1 is 1.47 bits per heavy atom. The summed E-state index contributed by atoms with van der Waals surface area (Å²) in [5, 5.41) is 0. The van der Waals surface area contributed by atoms with E-state index < -0.39 is 11.0 Å². The molecule has 0 spiro atoms. The van der Waals surface area contributed by atoms with Crippen LogP contribution in [0.25, 0.3) is 0 Å². The Hall–Kier alpha value is -0.900. The molecule has 1 fully saturated rings. The van der Waals surface area contributed by atoms with E-state index in [1.807, 2.05) is 10.4 Å². The highest BCUT2D eigenvalue weighted by molar-refractivity contribution is 7.85. The average molecular weight is 227 g/mol. The van der Waals surface area contributed by atoms with Gasteiger partial charge in [0.05, 0.1) is 5.69 Å². The lowest BCUT2D eigenvalue weighted by molar-refractivity contribution is 0.421. The topological polar surface area (TPSA) is 20.3 Å². The molecule has 4 heteroatoms. The summed E-state index contributed by atoms with van der Waals surface area (Å²) in [7, 11) is -1.07. The summed E-state index contributed by atoms with van der Waals surface area (Å²) in [6.45, 7) is 0. The number of hydrogen-bond donors (Lipinski definition) is 0. The van der Waals surface area contributed by atoms with E-state index in [0.29, 0.717) is 6.04 Å². The molecule has 1 aliphatic carbocycles. The fraction of sp³-hybridized carbons (Fsp3) is 0.455. The molecule has 0 N–H and O–H groups in total. The van der Waals surface area contributed by atoms with Crippen molar-refractivity contribution < 1.29 is 8.60 Å². The minimum absolute atomic E-state index is 0.276. The minimum atomic E-state index is -1.07. The fourth-order valence-corrected chi connectivity index (χ4v) is 2.84. The lowest BCUT2D eigenvalue weighted by atomic mass is 9.93. The first-order valence-corrected chi connectivity index (χ1v) is 6.58. The zero-order valence-corrected chi connectivity index (χ0v) is 9.47. The van der Waals surface area contributed by atoms with Crippen molar-refractivity contribution in [1.82, 2.24) is 0 Å². The predicted octanol–water partition coefficient (Wildman–Crippen LogP) is 2.48. The summed E-state index contributed by atoms with van der Waals surface area (Å²) in [5.41, 5.74) is 0.723. The van der Waals surface area contributed by atoms with E-state index >= 15 is 0 Å². The van der Waals surface area contributed by atoms with Gasteiger partial charge in [-0.1, -0.05) is 6.07 Å². The van der Waals surface area contributed by atoms with Crippen molar-refractivity contribution in [3.63, 3.8) is 0 Å². The largest absolute Gasteiger partial charge is 0.289 e. The number of anilines is 1. The molecule has 1 aromatic rings. The van der Waals surface area contributed by atoms with Gasteiger partial charge >= 0.3 is 0 Å². The number of nitrogens with zero attached hydrogens (tertiary/aromatic N) is 1. The summed E-state index contributed by atoms with van der Waals surface area (Å²) in [6.07, 6.45) is 4.92. The smallest absolute Gasteiger partial charge is 0.125 e. The van der Waals surface area contributed by atoms with E-state index in [2.05, 4.69) is 0 Å². The van der Waals surface area contributed by atoms with E-state index in [0.717, 1.165) is 18.5 Å². The molecule has 2 rings (SSSR count). The van der Waals surface area contributed by atoms with Crippen LogP contribution in [0.5, 0.6) is 0 Å². The molecule has 0 radical (unpaired) electrons. The molecule has 1 atom stereocenters. The van der Waals surface area contributed by atoms with Gasteiger partial charge in [-0.15, -0.1) is 0 Å². The third-order valence-corrected chi connectivity index (χ3v) is 3.81. The van der Waals surface area contributed by atoms with Crippen molar-refractivity contribution >= 4 is 16.7 Å². The number of rotatable bonds is 3. The molecule has 1 saturated carbocycles. The second-order valence-corrected chi connectivity index (χ2v) is 5.06. The van der Waals surface area contributed by atoms with E-state index in [1.54, 1.807) is 12.3 Å². The summed E-state index contributed by atoms with van der Waals surface area (Å²) >= 11 is 0. The van der Waals surface area contributed by atoms with Gasteiger partial charge in [0.2, 0.25) is 0 Å². The molecule has 0 saturated heterocycles. The lowest BCUT2D eigenvalue weighted by Gasteiger charge is -2.36. The Kier molecular flexibility index (Phi) is 3.05. The Balaban J connectivity index is 2.27. The Bertz CT molecular complexity index is 379. The number of hydrogen-bond acceptors (Lipinski definition) is 1. The quantitative estimate of drug-likeness (QED) is 0.777. The zero-order chi connectivity index (χ0) is 10.8. The molecular formula is C11H14FNOS. The molecule has 0 amide bonds. The zero-order valence-electron chi connectivity index (χ0n) is 8.65. The highest BCUT2D eigenvalue weighted by atomic mass is 32.2. The molecule has 0 aromatic heterocycles. The maximum Gasteiger partial charge on any atom is 0.125 e. The van der Waals surface area contributed by atoms with Crippen LogP contribution in [0.15, 0.2) is 24.3 Å². The van der Waals surface area contributed by atoms with Gasteiger partial charge in [0.25, 0.3) is 0 Å². The highest BCUT2D eigenvalue weighted by Crippen LogP contribution is 2.30. The SMILES string of the molecule is CS(=O)N(c1cccc(F)c1)C1CCC1. The van der Waals surface area contributed by atoms with Crippen LogP contribution in [-0.2, 0) is 11.0 Å². The third kappa shape index (κ3) is 2.20. The summed E-state index contributed by atoms with van der Waals surface area (Å²) in [5.74, 6) is -0.276. The summed E-state index contributed by atoms with van der Waals surface area (Å²) in [6, 6.07) is 6.63. The van der Waals surface area contributed by atoms with Gasteiger partial charge in [-0.3, -0.25) is 4.31 Å². The van der Waals surface area contributed by atoms with Crippen molar-refractivity contribution in [3.8, 4) is 0 Å². The van der Waals surface area contributed by atoms with Gasteiger partial charge < -0.3 is 0 Å². The van der Waals surface area contributed by atoms with Gasteiger partial charge in [0.1, 0.15) is 16.8 Å². The van der Waals surface area contributed by atoms with E-state index in [1.165, 1.54) is 18.6 Å². The second-order valence-electron chi connectivity index (χ2n) is 3.81. The van der Waals surface area contributed by atoms with Crippen molar-refractivity contribution in [2.24, 2.45) is 0 Å². The fourth-order valence-electron chi connectivity index (χ4n) is 1.80. The molecule has 1 aromatic carbocycles. The van der Waals surface area contributed by atoms with Crippen molar-refractivity contribution in [3.05, 3.63) is 30.1 Å². The number of benzene rings is 1. The maximum absolute atomic E-state index is 13.1. The normalized spacial score (nSPS) is 18.3. The molecule has 15 heavy (non-hydrogen) atoms. The van der Waals surface area contributed by atoms with Crippen LogP contribution in [0.3, 0.4) is 0 Å². The molecule has 2 nitrogen and oxygen atoms in total. The molecule has 82 valence electrons. The molecule has 1 aliphatic rings. The summed E-state index contributed by atoms with van der Waals surface area (Å²) in [4.78, 5) is 0. The second kappa shape index (κ2) is 4.31. The monoisotopic (exact) mass is 227 g/mol. The first-order chi connectivity index (χ1) is 7.18. The Morgan fingerprint density at radius 3 is 2.67 bits per heavy atom. The standard InChI is InChI=1S/C11H14FNOS/c1-15(14)13(10-5-3-6-10)11-7-2-4-9(12)8-11/h2,4,7-8,10H,3,5-6H2,1H3. The molecular weight excluding hydrogens is 213 g/mol. The Morgan fingerprint density at radius 2 is 2.20 bits per heavy atom. The van der Waals surface area contributed by atoms with Gasteiger partial charge in [-0.05, 0) is 37.5 Å². The Labute approximate surface area is 91.7 Å². The first kappa shape index (κ1) is 10.6. The highest BCUT2D eigenvalue weighted by Gasteiger charge is 2.27.